The molecule has 88 valence electrons. The van der Waals surface area contributed by atoms with Crippen molar-refractivity contribution in [2.75, 3.05) is 6.54 Å². The zero-order valence-electron chi connectivity index (χ0n) is 8.82. The van der Waals surface area contributed by atoms with Crippen LogP contribution in [0.15, 0.2) is 18.2 Å². The second kappa shape index (κ2) is 5.09. The van der Waals surface area contributed by atoms with Gasteiger partial charge in [-0.1, -0.05) is 9.39 Å². The van der Waals surface area contributed by atoms with E-state index >= 15 is 0 Å². The molecule has 1 unspecified atom stereocenters. The van der Waals surface area contributed by atoms with Crippen LogP contribution in [-0.2, 0) is 6.42 Å². The van der Waals surface area contributed by atoms with Gasteiger partial charge in [-0.15, -0.1) is 0 Å². The molecule has 16 heavy (non-hydrogen) atoms. The Kier molecular flexibility index (Phi) is 3.74. The Morgan fingerprint density at radius 1 is 1.62 bits per heavy atom. The largest absolute Gasteiger partial charge is 0.487 e. The Hall–Kier alpha value is -0.700. The van der Waals surface area contributed by atoms with Crippen LogP contribution < -0.4 is 9.82 Å². The first-order valence-corrected chi connectivity index (χ1v) is 5.85. The van der Waals surface area contributed by atoms with Crippen molar-refractivity contribution >= 4 is 9.39 Å². The Balaban J connectivity index is 2.09. The molecule has 1 aliphatic heterocycles. The molecule has 0 aliphatic carbocycles. The predicted octanol–water partition coefficient (Wildman–Crippen LogP) is 1.26. The third kappa shape index (κ3) is 2.51. The van der Waals surface area contributed by atoms with E-state index in [2.05, 4.69) is 14.5 Å². The average Bonchev–Trinajstić information content (AvgIpc) is 2.28. The Morgan fingerprint density at radius 3 is 3.19 bits per heavy atom. The van der Waals surface area contributed by atoms with Gasteiger partial charge in [0.05, 0.1) is 0 Å². The van der Waals surface area contributed by atoms with E-state index in [1.54, 1.807) is 6.07 Å². The molecule has 1 aromatic rings. The van der Waals surface area contributed by atoms with E-state index in [1.807, 2.05) is 0 Å². The summed E-state index contributed by atoms with van der Waals surface area (Å²) in [5, 5.41) is 12.6. The molecular formula is C11H15FNO2P. The molecule has 0 saturated heterocycles. The third-order valence-electron chi connectivity index (χ3n) is 2.76. The summed E-state index contributed by atoms with van der Waals surface area (Å²) >= 11 is 0. The lowest BCUT2D eigenvalue weighted by Gasteiger charge is -2.29. The van der Waals surface area contributed by atoms with Crippen LogP contribution in [0.25, 0.3) is 0 Å². The fraction of sp³-hybridized carbons (Fsp3) is 0.455. The van der Waals surface area contributed by atoms with Crippen molar-refractivity contribution in [1.82, 2.24) is 5.09 Å². The first-order chi connectivity index (χ1) is 7.70. The minimum Gasteiger partial charge on any atom is -0.487 e. The highest BCUT2D eigenvalue weighted by molar-refractivity contribution is 7.13. The van der Waals surface area contributed by atoms with Crippen LogP contribution in [0.5, 0.6) is 5.75 Å². The summed E-state index contributed by atoms with van der Waals surface area (Å²) in [4.78, 5) is 0. The molecule has 0 saturated carbocycles. The van der Waals surface area contributed by atoms with E-state index in [0.717, 1.165) is 12.0 Å². The zero-order chi connectivity index (χ0) is 11.5. The molecule has 1 aliphatic rings. The van der Waals surface area contributed by atoms with Crippen LogP contribution in [0.1, 0.15) is 12.0 Å². The minimum absolute atomic E-state index is 0.217. The molecule has 0 aromatic heterocycles. The summed E-state index contributed by atoms with van der Waals surface area (Å²) in [6, 6.07) is 4.49. The number of rotatable bonds is 3. The monoisotopic (exact) mass is 243 g/mol. The van der Waals surface area contributed by atoms with Crippen LogP contribution in [0.3, 0.4) is 0 Å². The van der Waals surface area contributed by atoms with Crippen LogP contribution in [0, 0.1) is 5.82 Å². The van der Waals surface area contributed by atoms with E-state index in [9.17, 15) is 9.50 Å². The molecule has 2 N–H and O–H groups in total. The number of ether oxygens (including phenoxy) is 1. The fourth-order valence-electron chi connectivity index (χ4n) is 1.90. The molecule has 0 fully saturated rings. The lowest BCUT2D eigenvalue weighted by molar-refractivity contribution is 0.0278. The molecule has 1 heterocycles. The number of hydrogen-bond donors (Lipinski definition) is 2. The van der Waals surface area contributed by atoms with Gasteiger partial charge in [0.1, 0.15) is 23.8 Å². The number of halogens is 1. The molecule has 3 atom stereocenters. The summed E-state index contributed by atoms with van der Waals surface area (Å²) in [7, 11) is 2.35. The molecule has 5 heteroatoms. The highest BCUT2D eigenvalue weighted by Crippen LogP contribution is 2.29. The highest BCUT2D eigenvalue weighted by Gasteiger charge is 2.25. The van der Waals surface area contributed by atoms with Gasteiger partial charge in [0.15, 0.2) is 0 Å². The Morgan fingerprint density at radius 2 is 2.44 bits per heavy atom. The lowest BCUT2D eigenvalue weighted by atomic mass is 9.99. The predicted molar refractivity (Wildman–Crippen MR) is 62.9 cm³/mol. The maximum atomic E-state index is 13.0. The highest BCUT2D eigenvalue weighted by atomic mass is 31.0. The number of aliphatic hydroxyl groups excluding tert-OH is 1. The lowest BCUT2D eigenvalue weighted by Crippen LogP contribution is -2.39. The van der Waals surface area contributed by atoms with Crippen molar-refractivity contribution in [2.24, 2.45) is 0 Å². The van der Waals surface area contributed by atoms with E-state index in [1.165, 1.54) is 12.1 Å². The van der Waals surface area contributed by atoms with Crippen LogP contribution in [0.4, 0.5) is 4.39 Å². The van der Waals surface area contributed by atoms with Crippen LogP contribution in [0.2, 0.25) is 0 Å². The quantitative estimate of drug-likeness (QED) is 0.785. The van der Waals surface area contributed by atoms with Gasteiger partial charge in [-0.2, -0.15) is 0 Å². The summed E-state index contributed by atoms with van der Waals surface area (Å²) in [6.07, 6.45) is 0.692. The topological polar surface area (TPSA) is 41.5 Å². The first-order valence-electron chi connectivity index (χ1n) is 5.27. The number of fused-ring (bicyclic) bond motifs is 1. The van der Waals surface area contributed by atoms with Gasteiger partial charge < -0.3 is 9.84 Å². The van der Waals surface area contributed by atoms with E-state index in [-0.39, 0.29) is 11.9 Å². The third-order valence-corrected chi connectivity index (χ3v) is 2.99. The van der Waals surface area contributed by atoms with Gasteiger partial charge in [0.2, 0.25) is 0 Å². The number of hydrogen-bond acceptors (Lipinski definition) is 3. The maximum absolute atomic E-state index is 13.0. The molecule has 1 aromatic carbocycles. The minimum atomic E-state index is -0.546. The SMILES string of the molecule is O[C@H](CNP)[C@H]1CCc2cc(F)ccc2O1. The van der Waals surface area contributed by atoms with Gasteiger partial charge in [-0.05, 0) is 36.6 Å². The number of nitrogens with one attached hydrogen (secondary N) is 1. The maximum Gasteiger partial charge on any atom is 0.126 e. The summed E-state index contributed by atoms with van der Waals surface area (Å²) < 4.78 is 18.6. The van der Waals surface area contributed by atoms with Crippen molar-refractivity contribution in [3.05, 3.63) is 29.6 Å². The second-order valence-electron chi connectivity index (χ2n) is 3.92. The summed E-state index contributed by atoms with van der Waals surface area (Å²) in [5.41, 5.74) is 0.877. The first kappa shape index (κ1) is 11.8. The Bertz CT molecular complexity index is 375. The van der Waals surface area contributed by atoms with Crippen molar-refractivity contribution in [2.45, 2.75) is 25.0 Å². The molecule has 0 bridgehead atoms. The molecule has 0 amide bonds. The second-order valence-corrected chi connectivity index (χ2v) is 4.33. The summed E-state index contributed by atoms with van der Waals surface area (Å²) in [6.45, 7) is 0.464. The van der Waals surface area contributed by atoms with Gasteiger partial charge in [0.25, 0.3) is 0 Å². The van der Waals surface area contributed by atoms with Crippen molar-refractivity contribution in [3.63, 3.8) is 0 Å². The average molecular weight is 243 g/mol. The van der Waals surface area contributed by atoms with E-state index < -0.39 is 6.10 Å². The van der Waals surface area contributed by atoms with Gasteiger partial charge in [0, 0.05) is 6.54 Å². The van der Waals surface area contributed by atoms with E-state index in [0.29, 0.717) is 18.7 Å². The standard InChI is InChI=1S/C11H15FNO2P/c12-8-2-4-10-7(5-8)1-3-11(15-10)9(14)6-13-16/h2,4-5,9,11,13-14H,1,3,6,16H2/t9-,11-/m1/s1. The molecule has 0 spiro atoms. The van der Waals surface area contributed by atoms with E-state index in [4.69, 9.17) is 4.74 Å². The smallest absolute Gasteiger partial charge is 0.126 e. The number of benzene rings is 1. The summed E-state index contributed by atoms with van der Waals surface area (Å²) in [5.74, 6) is 0.438. The van der Waals surface area contributed by atoms with Crippen molar-refractivity contribution in [1.29, 1.82) is 0 Å². The molecule has 3 nitrogen and oxygen atoms in total. The van der Waals surface area contributed by atoms with Crippen molar-refractivity contribution in [3.8, 4) is 5.75 Å². The Labute approximate surface area is 96.3 Å². The zero-order valence-corrected chi connectivity index (χ0v) is 9.97. The normalized spacial score (nSPS) is 21.1. The van der Waals surface area contributed by atoms with Gasteiger partial charge >= 0.3 is 0 Å². The van der Waals surface area contributed by atoms with Crippen LogP contribution in [-0.4, -0.2) is 23.9 Å². The molecular weight excluding hydrogens is 228 g/mol. The number of aryl methyl sites for hydroxylation is 1. The van der Waals surface area contributed by atoms with Crippen molar-refractivity contribution < 1.29 is 14.2 Å². The molecule has 0 radical (unpaired) electrons. The van der Waals surface area contributed by atoms with Gasteiger partial charge in [-0.25, -0.2) is 4.39 Å². The fourth-order valence-corrected chi connectivity index (χ4v) is 2.14. The molecule has 2 rings (SSSR count). The number of aliphatic hydroxyl groups is 1. The van der Waals surface area contributed by atoms with Gasteiger partial charge in [-0.3, -0.25) is 5.09 Å². The van der Waals surface area contributed by atoms with Crippen LogP contribution >= 0.6 is 9.39 Å².